The highest BCUT2D eigenvalue weighted by Gasteiger charge is 2.23. The summed E-state index contributed by atoms with van der Waals surface area (Å²) in [5, 5.41) is 14.4. The van der Waals surface area contributed by atoms with Gasteiger partial charge in [0.1, 0.15) is 0 Å². The maximum atomic E-state index is 9.61. The van der Waals surface area contributed by atoms with Crippen molar-refractivity contribution in [2.45, 2.75) is 39.8 Å². The first-order valence-corrected chi connectivity index (χ1v) is 7.75. The Labute approximate surface area is 127 Å². The molecule has 3 nitrogen and oxygen atoms in total. The van der Waals surface area contributed by atoms with E-state index < -0.39 is 0 Å². The van der Waals surface area contributed by atoms with Gasteiger partial charge in [0, 0.05) is 23.7 Å². The van der Waals surface area contributed by atoms with Crippen LogP contribution in [0.1, 0.15) is 39.3 Å². The Balaban J connectivity index is 2.41. The van der Waals surface area contributed by atoms with Crippen LogP contribution in [0.2, 0.25) is 0 Å². The fourth-order valence-corrected chi connectivity index (χ4v) is 2.71. The van der Waals surface area contributed by atoms with E-state index in [4.69, 9.17) is 0 Å². The number of aliphatic hydroxyl groups is 1. The van der Waals surface area contributed by atoms with Gasteiger partial charge in [0.15, 0.2) is 0 Å². The third-order valence-electron chi connectivity index (χ3n) is 4.06. The third kappa shape index (κ3) is 3.60. The molecule has 1 heterocycles. The summed E-state index contributed by atoms with van der Waals surface area (Å²) in [5.74, 6) is 0.810. The topological polar surface area (TPSA) is 45.1 Å². The molecule has 0 amide bonds. The molecule has 0 bridgehead atoms. The van der Waals surface area contributed by atoms with Gasteiger partial charge in [0.05, 0.1) is 12.1 Å². The van der Waals surface area contributed by atoms with Crippen LogP contribution < -0.4 is 5.32 Å². The van der Waals surface area contributed by atoms with Crippen molar-refractivity contribution in [1.29, 1.82) is 0 Å². The summed E-state index contributed by atoms with van der Waals surface area (Å²) in [4.78, 5) is 4.56. The van der Waals surface area contributed by atoms with Crippen molar-refractivity contribution in [2.75, 3.05) is 6.61 Å². The SMILES string of the molecule is CC(C)[C@H](N[C@H](CO)C(C)C)c1cccc2cccnc12. The average Bonchev–Trinajstić information content (AvgIpc) is 2.47. The molecule has 0 aliphatic carbocycles. The van der Waals surface area contributed by atoms with Crippen molar-refractivity contribution in [3.63, 3.8) is 0 Å². The first-order valence-electron chi connectivity index (χ1n) is 7.75. The van der Waals surface area contributed by atoms with Crippen LogP contribution in [0, 0.1) is 11.8 Å². The van der Waals surface area contributed by atoms with E-state index in [1.807, 2.05) is 12.3 Å². The highest BCUT2D eigenvalue weighted by molar-refractivity contribution is 5.82. The number of hydrogen-bond donors (Lipinski definition) is 2. The minimum atomic E-state index is 0.0939. The molecule has 0 radical (unpaired) electrons. The molecule has 1 aromatic carbocycles. The number of rotatable bonds is 6. The van der Waals surface area contributed by atoms with Gasteiger partial charge < -0.3 is 10.4 Å². The quantitative estimate of drug-likeness (QED) is 0.853. The monoisotopic (exact) mass is 286 g/mol. The van der Waals surface area contributed by atoms with E-state index in [1.165, 1.54) is 5.56 Å². The van der Waals surface area contributed by atoms with Crippen molar-refractivity contribution in [3.8, 4) is 0 Å². The zero-order valence-electron chi connectivity index (χ0n) is 13.4. The number of fused-ring (bicyclic) bond motifs is 1. The van der Waals surface area contributed by atoms with E-state index in [-0.39, 0.29) is 18.7 Å². The summed E-state index contributed by atoms with van der Waals surface area (Å²) in [6.45, 7) is 8.82. The van der Waals surface area contributed by atoms with Gasteiger partial charge in [-0.2, -0.15) is 0 Å². The molecule has 0 saturated heterocycles. The lowest BCUT2D eigenvalue weighted by Gasteiger charge is -2.30. The molecule has 0 spiro atoms. The van der Waals surface area contributed by atoms with Gasteiger partial charge in [-0.25, -0.2) is 0 Å². The van der Waals surface area contributed by atoms with E-state index in [2.05, 4.69) is 62.3 Å². The van der Waals surface area contributed by atoms with Gasteiger partial charge in [-0.05, 0) is 23.5 Å². The molecule has 2 aromatic rings. The molecule has 1 aromatic heterocycles. The number of benzene rings is 1. The van der Waals surface area contributed by atoms with Crippen molar-refractivity contribution >= 4 is 10.9 Å². The van der Waals surface area contributed by atoms with Crippen molar-refractivity contribution < 1.29 is 5.11 Å². The van der Waals surface area contributed by atoms with Crippen molar-refractivity contribution in [1.82, 2.24) is 10.3 Å². The molecular formula is C18H26N2O. The summed E-state index contributed by atoms with van der Waals surface area (Å²) in [5.41, 5.74) is 2.26. The average molecular weight is 286 g/mol. The number of nitrogens with one attached hydrogen (secondary N) is 1. The van der Waals surface area contributed by atoms with E-state index in [0.717, 1.165) is 10.9 Å². The summed E-state index contributed by atoms with van der Waals surface area (Å²) in [6.07, 6.45) is 1.84. The highest BCUT2D eigenvalue weighted by Crippen LogP contribution is 2.28. The molecule has 0 unspecified atom stereocenters. The predicted molar refractivity (Wildman–Crippen MR) is 88.2 cm³/mol. The predicted octanol–water partition coefficient (Wildman–Crippen LogP) is 3.54. The lowest BCUT2D eigenvalue weighted by Crippen LogP contribution is -2.41. The van der Waals surface area contributed by atoms with Gasteiger partial charge >= 0.3 is 0 Å². The lowest BCUT2D eigenvalue weighted by molar-refractivity contribution is 0.189. The van der Waals surface area contributed by atoms with Crippen LogP contribution in [-0.2, 0) is 0 Å². The number of aromatic nitrogens is 1. The van der Waals surface area contributed by atoms with E-state index in [0.29, 0.717) is 11.8 Å². The zero-order chi connectivity index (χ0) is 15.4. The molecule has 2 atom stereocenters. The van der Waals surface area contributed by atoms with Gasteiger partial charge in [0.25, 0.3) is 0 Å². The highest BCUT2D eigenvalue weighted by atomic mass is 16.3. The van der Waals surface area contributed by atoms with Gasteiger partial charge in [-0.15, -0.1) is 0 Å². The largest absolute Gasteiger partial charge is 0.395 e. The molecule has 0 fully saturated rings. The lowest BCUT2D eigenvalue weighted by atomic mass is 9.91. The molecule has 21 heavy (non-hydrogen) atoms. The van der Waals surface area contributed by atoms with E-state index >= 15 is 0 Å². The number of aliphatic hydroxyl groups excluding tert-OH is 1. The number of pyridine rings is 1. The van der Waals surface area contributed by atoms with E-state index in [9.17, 15) is 5.11 Å². The second-order valence-electron chi connectivity index (χ2n) is 6.34. The normalized spacial score (nSPS) is 14.8. The van der Waals surface area contributed by atoms with Crippen LogP contribution in [0.4, 0.5) is 0 Å². The van der Waals surface area contributed by atoms with Crippen molar-refractivity contribution in [2.24, 2.45) is 11.8 Å². The summed E-state index contributed by atoms with van der Waals surface area (Å²) in [6, 6.07) is 10.7. The molecule has 2 N–H and O–H groups in total. The van der Waals surface area contributed by atoms with Crippen LogP contribution >= 0.6 is 0 Å². The Kier molecular flexibility index (Phi) is 5.32. The fourth-order valence-electron chi connectivity index (χ4n) is 2.71. The Morgan fingerprint density at radius 2 is 1.76 bits per heavy atom. The minimum Gasteiger partial charge on any atom is -0.395 e. The molecule has 2 rings (SSSR count). The third-order valence-corrected chi connectivity index (χ3v) is 4.06. The Morgan fingerprint density at radius 1 is 1.05 bits per heavy atom. The Bertz CT molecular complexity index is 575. The second-order valence-corrected chi connectivity index (χ2v) is 6.34. The number of nitrogens with zero attached hydrogens (tertiary/aromatic N) is 1. The van der Waals surface area contributed by atoms with E-state index in [1.54, 1.807) is 0 Å². The van der Waals surface area contributed by atoms with Gasteiger partial charge in [0.2, 0.25) is 0 Å². The summed E-state index contributed by atoms with van der Waals surface area (Å²) < 4.78 is 0. The second kappa shape index (κ2) is 7.01. The number of hydrogen-bond acceptors (Lipinski definition) is 3. The molecule has 0 aliphatic rings. The standard InChI is InChI=1S/C18H26N2O/c1-12(2)16(11-21)20-17(13(3)4)15-9-5-7-14-8-6-10-19-18(14)15/h5-10,12-13,16-17,20-21H,11H2,1-4H3/t16-,17+/m1/s1. The fraction of sp³-hybridized carbons (Fsp3) is 0.500. The molecule has 0 saturated carbocycles. The molecule has 114 valence electrons. The first kappa shape index (κ1) is 15.9. The van der Waals surface area contributed by atoms with Crippen LogP contribution in [0.5, 0.6) is 0 Å². The molecule has 0 aliphatic heterocycles. The van der Waals surface area contributed by atoms with Crippen LogP contribution in [0.3, 0.4) is 0 Å². The summed E-state index contributed by atoms with van der Waals surface area (Å²) in [7, 11) is 0. The van der Waals surface area contributed by atoms with Crippen LogP contribution in [0.15, 0.2) is 36.5 Å². The molecule has 3 heteroatoms. The maximum absolute atomic E-state index is 9.61. The van der Waals surface area contributed by atoms with Crippen LogP contribution in [-0.4, -0.2) is 22.7 Å². The smallest absolute Gasteiger partial charge is 0.0749 e. The zero-order valence-corrected chi connectivity index (χ0v) is 13.4. The van der Waals surface area contributed by atoms with Gasteiger partial charge in [-0.3, -0.25) is 4.98 Å². The van der Waals surface area contributed by atoms with Crippen molar-refractivity contribution in [3.05, 3.63) is 42.1 Å². The minimum absolute atomic E-state index is 0.0939. The summed E-state index contributed by atoms with van der Waals surface area (Å²) >= 11 is 0. The number of para-hydroxylation sites is 1. The maximum Gasteiger partial charge on any atom is 0.0749 e. The Hall–Kier alpha value is -1.45. The Morgan fingerprint density at radius 3 is 2.38 bits per heavy atom. The van der Waals surface area contributed by atoms with Gasteiger partial charge in [-0.1, -0.05) is 52.0 Å². The first-order chi connectivity index (χ1) is 10.0. The van der Waals surface area contributed by atoms with Crippen LogP contribution in [0.25, 0.3) is 10.9 Å². The molecular weight excluding hydrogens is 260 g/mol.